The van der Waals surface area contributed by atoms with Crippen LogP contribution in [0.25, 0.3) is 5.69 Å². The number of carbonyl (C=O) groups excluding carboxylic acids is 2. The van der Waals surface area contributed by atoms with Gasteiger partial charge in [-0.25, -0.2) is 0 Å². The summed E-state index contributed by atoms with van der Waals surface area (Å²) in [5.74, 6) is 1.08. The number of aromatic nitrogens is 1. The van der Waals surface area contributed by atoms with Crippen LogP contribution in [0.2, 0.25) is 0 Å². The Morgan fingerprint density at radius 2 is 1.54 bits per heavy atom. The van der Waals surface area contributed by atoms with Crippen molar-refractivity contribution in [1.29, 1.82) is 0 Å². The molecule has 0 spiro atoms. The number of hydrazine groups is 1. The Labute approximate surface area is 163 Å². The van der Waals surface area contributed by atoms with E-state index >= 15 is 0 Å². The second kappa shape index (κ2) is 7.64. The number of ether oxygens (including phenoxy) is 1. The molecule has 7 nitrogen and oxygen atoms in total. The molecule has 0 fully saturated rings. The van der Waals surface area contributed by atoms with E-state index in [2.05, 4.69) is 10.9 Å². The zero-order valence-corrected chi connectivity index (χ0v) is 16.5. The van der Waals surface area contributed by atoms with Crippen LogP contribution in [0.1, 0.15) is 43.6 Å². The average Bonchev–Trinajstić information content (AvgIpc) is 3.17. The number of benzene rings is 1. The molecule has 146 valence electrons. The third-order valence-electron chi connectivity index (χ3n) is 4.58. The molecule has 28 heavy (non-hydrogen) atoms. The minimum absolute atomic E-state index is 0.390. The summed E-state index contributed by atoms with van der Waals surface area (Å²) in [5, 5.41) is 0. The summed E-state index contributed by atoms with van der Waals surface area (Å²) in [5.41, 5.74) is 8.37. The molecule has 0 unspecified atom stereocenters. The summed E-state index contributed by atoms with van der Waals surface area (Å²) in [4.78, 5) is 24.9. The lowest BCUT2D eigenvalue weighted by atomic mass is 10.2. The van der Waals surface area contributed by atoms with Crippen molar-refractivity contribution in [2.45, 2.75) is 27.7 Å². The van der Waals surface area contributed by atoms with Gasteiger partial charge in [0.15, 0.2) is 0 Å². The maximum absolute atomic E-state index is 12.6. The fourth-order valence-electron chi connectivity index (χ4n) is 3.23. The van der Waals surface area contributed by atoms with Gasteiger partial charge in [0.2, 0.25) is 0 Å². The van der Waals surface area contributed by atoms with Crippen molar-refractivity contribution in [3.63, 3.8) is 0 Å². The fourth-order valence-corrected chi connectivity index (χ4v) is 3.23. The van der Waals surface area contributed by atoms with Crippen LogP contribution in [0.4, 0.5) is 0 Å². The number of nitrogens with one attached hydrogen (secondary N) is 2. The van der Waals surface area contributed by atoms with Gasteiger partial charge in [-0.1, -0.05) is 0 Å². The van der Waals surface area contributed by atoms with E-state index in [1.807, 2.05) is 42.7 Å². The Hall–Kier alpha value is -3.48. The van der Waals surface area contributed by atoms with Gasteiger partial charge in [-0.15, -0.1) is 0 Å². The number of nitrogens with zero attached hydrogens (tertiary/aromatic N) is 1. The highest BCUT2D eigenvalue weighted by Crippen LogP contribution is 2.22. The second-order valence-electron chi connectivity index (χ2n) is 6.55. The maximum atomic E-state index is 12.6. The number of amides is 2. The van der Waals surface area contributed by atoms with E-state index in [-0.39, 0.29) is 5.91 Å². The molecule has 7 heteroatoms. The van der Waals surface area contributed by atoms with Crippen molar-refractivity contribution >= 4 is 11.8 Å². The monoisotopic (exact) mass is 381 g/mol. The number of furan rings is 1. The first-order valence-corrected chi connectivity index (χ1v) is 8.83. The summed E-state index contributed by atoms with van der Waals surface area (Å²) in [7, 11) is 1.62. The van der Waals surface area contributed by atoms with Gasteiger partial charge >= 0.3 is 0 Å². The number of hydrogen-bond donors (Lipinski definition) is 2. The highest BCUT2D eigenvalue weighted by atomic mass is 16.5. The molecule has 0 aliphatic heterocycles. The Morgan fingerprint density at radius 1 is 0.929 bits per heavy atom. The lowest BCUT2D eigenvalue weighted by Gasteiger charge is -2.11. The molecule has 0 aliphatic rings. The number of aryl methyl sites for hydroxylation is 3. The quantitative estimate of drug-likeness (QED) is 0.679. The van der Waals surface area contributed by atoms with Crippen LogP contribution in [-0.2, 0) is 0 Å². The lowest BCUT2D eigenvalue weighted by molar-refractivity contribution is 0.0845. The highest BCUT2D eigenvalue weighted by molar-refractivity contribution is 6.00. The molecule has 0 radical (unpaired) electrons. The van der Waals surface area contributed by atoms with Gasteiger partial charge in [-0.05, 0) is 64.1 Å². The Balaban J connectivity index is 1.77. The zero-order chi connectivity index (χ0) is 20.4. The minimum atomic E-state index is -0.424. The van der Waals surface area contributed by atoms with Crippen molar-refractivity contribution in [2.24, 2.45) is 0 Å². The highest BCUT2D eigenvalue weighted by Gasteiger charge is 2.19. The normalized spacial score (nSPS) is 10.6. The SMILES string of the molecule is COc1ccc(-n2c(C)cc(C(=O)NNC(=O)c3cc(C)oc3C)c2C)cc1. The topological polar surface area (TPSA) is 85.5 Å². The predicted octanol–water partition coefficient (Wildman–Crippen LogP) is 3.39. The van der Waals surface area contributed by atoms with E-state index in [1.54, 1.807) is 33.1 Å². The summed E-state index contributed by atoms with van der Waals surface area (Å²) < 4.78 is 12.5. The predicted molar refractivity (Wildman–Crippen MR) is 105 cm³/mol. The van der Waals surface area contributed by atoms with Crippen molar-refractivity contribution in [3.05, 3.63) is 70.4 Å². The van der Waals surface area contributed by atoms with Crippen molar-refractivity contribution < 1.29 is 18.7 Å². The first-order valence-electron chi connectivity index (χ1n) is 8.83. The zero-order valence-electron chi connectivity index (χ0n) is 16.5. The van der Waals surface area contributed by atoms with Crippen LogP contribution >= 0.6 is 0 Å². The minimum Gasteiger partial charge on any atom is -0.497 e. The van der Waals surface area contributed by atoms with E-state index < -0.39 is 5.91 Å². The Bertz CT molecular complexity index is 1030. The Morgan fingerprint density at radius 3 is 2.07 bits per heavy atom. The molecule has 3 rings (SSSR count). The van der Waals surface area contributed by atoms with E-state index in [4.69, 9.17) is 9.15 Å². The van der Waals surface area contributed by atoms with Crippen LogP contribution < -0.4 is 15.6 Å². The van der Waals surface area contributed by atoms with Crippen LogP contribution in [-0.4, -0.2) is 23.5 Å². The first-order chi connectivity index (χ1) is 13.3. The summed E-state index contributed by atoms with van der Waals surface area (Å²) in [6.45, 7) is 7.24. The van der Waals surface area contributed by atoms with Gasteiger partial charge in [-0.3, -0.25) is 20.4 Å². The molecule has 2 N–H and O–H groups in total. The van der Waals surface area contributed by atoms with Gasteiger partial charge in [0.05, 0.1) is 18.2 Å². The molecule has 0 atom stereocenters. The first kappa shape index (κ1) is 19.3. The number of rotatable bonds is 4. The van der Waals surface area contributed by atoms with Crippen molar-refractivity contribution in [2.75, 3.05) is 7.11 Å². The van der Waals surface area contributed by atoms with E-state index in [1.165, 1.54) is 0 Å². The summed E-state index contributed by atoms with van der Waals surface area (Å²) in [6, 6.07) is 11.0. The molecule has 2 aromatic heterocycles. The summed E-state index contributed by atoms with van der Waals surface area (Å²) in [6.07, 6.45) is 0. The third-order valence-corrected chi connectivity index (χ3v) is 4.58. The molecule has 0 saturated heterocycles. The molecule has 2 amide bonds. The molecule has 0 saturated carbocycles. The third kappa shape index (κ3) is 3.64. The van der Waals surface area contributed by atoms with Gasteiger partial charge in [0.1, 0.15) is 17.3 Å². The van der Waals surface area contributed by atoms with Crippen LogP contribution in [0, 0.1) is 27.7 Å². The molecular formula is C21H23N3O4. The fraction of sp³-hybridized carbons (Fsp3) is 0.238. The van der Waals surface area contributed by atoms with Crippen molar-refractivity contribution in [3.8, 4) is 11.4 Å². The molecule has 0 bridgehead atoms. The molecular weight excluding hydrogens is 358 g/mol. The van der Waals surface area contributed by atoms with Crippen LogP contribution in [0.15, 0.2) is 40.8 Å². The standard InChI is InChI=1S/C21H23N3O4/c1-12-10-18(14(3)24(12)16-6-8-17(27-5)9-7-16)20(25)22-23-21(26)19-11-13(2)28-15(19)4/h6-11H,1-5H3,(H,22,25)(H,23,26). The smallest absolute Gasteiger partial charge is 0.273 e. The summed E-state index contributed by atoms with van der Waals surface area (Å²) >= 11 is 0. The van der Waals surface area contributed by atoms with E-state index in [9.17, 15) is 9.59 Å². The number of hydrogen-bond acceptors (Lipinski definition) is 4. The number of methoxy groups -OCH3 is 1. The molecule has 2 heterocycles. The van der Waals surface area contributed by atoms with Gasteiger partial charge in [-0.2, -0.15) is 0 Å². The maximum Gasteiger partial charge on any atom is 0.273 e. The molecule has 1 aromatic carbocycles. The van der Waals surface area contributed by atoms with E-state index in [0.717, 1.165) is 22.8 Å². The Kier molecular flexibility index (Phi) is 5.26. The van der Waals surface area contributed by atoms with Gasteiger partial charge < -0.3 is 13.7 Å². The van der Waals surface area contributed by atoms with Crippen molar-refractivity contribution in [1.82, 2.24) is 15.4 Å². The second-order valence-corrected chi connectivity index (χ2v) is 6.55. The van der Waals surface area contributed by atoms with Gasteiger partial charge in [0, 0.05) is 17.1 Å². The average molecular weight is 381 g/mol. The van der Waals surface area contributed by atoms with Crippen LogP contribution in [0.5, 0.6) is 5.75 Å². The lowest BCUT2D eigenvalue weighted by Crippen LogP contribution is -2.41. The van der Waals surface area contributed by atoms with Gasteiger partial charge in [0.25, 0.3) is 11.8 Å². The largest absolute Gasteiger partial charge is 0.497 e. The molecule has 0 aliphatic carbocycles. The van der Waals surface area contributed by atoms with Crippen LogP contribution in [0.3, 0.4) is 0 Å². The molecule has 3 aromatic rings. The van der Waals surface area contributed by atoms with E-state index in [0.29, 0.717) is 22.6 Å². The number of carbonyl (C=O) groups is 2.